The second-order valence-corrected chi connectivity index (χ2v) is 5.46. The number of nitrogens with two attached hydrogens (primary N) is 1. The molecule has 0 spiro atoms. The van der Waals surface area contributed by atoms with Gasteiger partial charge in [0.15, 0.2) is 5.65 Å². The maximum atomic E-state index is 12.3. The molecular formula is C14H21Cl2N5O. The summed E-state index contributed by atoms with van der Waals surface area (Å²) in [6.07, 6.45) is 3.90. The number of fused-ring (bicyclic) bond motifs is 1. The standard InChI is InChI=1S/C14H19N5O.2ClH/c1-8-11-5-10(7-16-13(11)19(2)18-8)14(20)17-12(6-15)9-3-4-9;;/h5,7,9,12H,3-4,6,15H2,1-2H3,(H,17,20);2*1H. The lowest BCUT2D eigenvalue weighted by molar-refractivity contribution is 0.0933. The van der Waals surface area contributed by atoms with Crippen LogP contribution < -0.4 is 11.1 Å². The molecule has 1 saturated carbocycles. The van der Waals surface area contributed by atoms with Gasteiger partial charge in [0.1, 0.15) is 0 Å². The van der Waals surface area contributed by atoms with E-state index < -0.39 is 0 Å². The van der Waals surface area contributed by atoms with Crippen LogP contribution in [0.2, 0.25) is 0 Å². The number of nitrogens with zero attached hydrogens (tertiary/aromatic N) is 3. The van der Waals surface area contributed by atoms with Gasteiger partial charge in [-0.1, -0.05) is 0 Å². The molecule has 3 N–H and O–H groups in total. The van der Waals surface area contributed by atoms with Crippen molar-refractivity contribution in [1.82, 2.24) is 20.1 Å². The number of aromatic nitrogens is 3. The molecule has 2 aromatic heterocycles. The molecule has 1 amide bonds. The maximum Gasteiger partial charge on any atom is 0.253 e. The third-order valence-corrected chi connectivity index (χ3v) is 3.89. The Morgan fingerprint density at radius 2 is 2.18 bits per heavy atom. The number of carbonyl (C=O) groups excluding carboxylic acids is 1. The highest BCUT2D eigenvalue weighted by molar-refractivity contribution is 5.97. The Hall–Kier alpha value is -1.37. The molecule has 2 heterocycles. The Bertz CT molecular complexity index is 669. The molecule has 2 aromatic rings. The highest BCUT2D eigenvalue weighted by Crippen LogP contribution is 2.32. The van der Waals surface area contributed by atoms with E-state index in [0.29, 0.717) is 18.0 Å². The van der Waals surface area contributed by atoms with E-state index in [1.165, 1.54) is 0 Å². The number of hydrogen-bond donors (Lipinski definition) is 2. The quantitative estimate of drug-likeness (QED) is 0.880. The number of amides is 1. The third kappa shape index (κ3) is 3.51. The fourth-order valence-electron chi connectivity index (χ4n) is 2.55. The summed E-state index contributed by atoms with van der Waals surface area (Å²) in [5.41, 5.74) is 7.94. The van der Waals surface area contributed by atoms with E-state index in [-0.39, 0.29) is 36.8 Å². The Kier molecular flexibility index (Phi) is 6.17. The van der Waals surface area contributed by atoms with Crippen LogP contribution in [0.25, 0.3) is 11.0 Å². The van der Waals surface area contributed by atoms with Gasteiger partial charge in [0.2, 0.25) is 0 Å². The highest BCUT2D eigenvalue weighted by atomic mass is 35.5. The van der Waals surface area contributed by atoms with E-state index in [9.17, 15) is 4.79 Å². The minimum Gasteiger partial charge on any atom is -0.348 e. The average molecular weight is 346 g/mol. The normalized spacial score (nSPS) is 14.9. The second kappa shape index (κ2) is 7.26. The van der Waals surface area contributed by atoms with Gasteiger partial charge in [-0.25, -0.2) is 4.98 Å². The number of hydrogen-bond acceptors (Lipinski definition) is 4. The Morgan fingerprint density at radius 1 is 1.50 bits per heavy atom. The number of halogens is 2. The molecule has 1 aliphatic carbocycles. The summed E-state index contributed by atoms with van der Waals surface area (Å²) in [7, 11) is 1.85. The summed E-state index contributed by atoms with van der Waals surface area (Å²) in [4.78, 5) is 16.6. The molecule has 3 rings (SSSR count). The van der Waals surface area contributed by atoms with E-state index in [1.54, 1.807) is 10.9 Å². The van der Waals surface area contributed by atoms with E-state index in [1.807, 2.05) is 20.0 Å². The van der Waals surface area contributed by atoms with Crippen LogP contribution >= 0.6 is 24.8 Å². The fraction of sp³-hybridized carbons (Fsp3) is 0.500. The number of rotatable bonds is 4. The van der Waals surface area contributed by atoms with Crippen LogP contribution in [0.3, 0.4) is 0 Å². The predicted octanol–water partition coefficient (Wildman–Crippen LogP) is 1.59. The van der Waals surface area contributed by atoms with Gasteiger partial charge in [0.05, 0.1) is 11.3 Å². The predicted molar refractivity (Wildman–Crippen MR) is 90.8 cm³/mol. The molecule has 8 heteroatoms. The first kappa shape index (κ1) is 18.7. The van der Waals surface area contributed by atoms with Crippen LogP contribution in [0.5, 0.6) is 0 Å². The summed E-state index contributed by atoms with van der Waals surface area (Å²) in [6, 6.07) is 1.92. The average Bonchev–Trinajstić information content (AvgIpc) is 3.24. The van der Waals surface area contributed by atoms with Crippen molar-refractivity contribution in [2.75, 3.05) is 6.54 Å². The van der Waals surface area contributed by atoms with Crippen molar-refractivity contribution in [1.29, 1.82) is 0 Å². The summed E-state index contributed by atoms with van der Waals surface area (Å²) in [5.74, 6) is 0.436. The molecular weight excluding hydrogens is 325 g/mol. The molecule has 1 atom stereocenters. The molecule has 1 unspecified atom stereocenters. The zero-order valence-electron chi connectivity index (χ0n) is 12.6. The molecule has 0 aliphatic heterocycles. The van der Waals surface area contributed by atoms with Crippen molar-refractivity contribution >= 4 is 41.8 Å². The fourth-order valence-corrected chi connectivity index (χ4v) is 2.55. The van der Waals surface area contributed by atoms with Crippen LogP contribution in [0, 0.1) is 12.8 Å². The lowest BCUT2D eigenvalue weighted by Crippen LogP contribution is -2.41. The topological polar surface area (TPSA) is 85.8 Å². The van der Waals surface area contributed by atoms with Gasteiger partial charge in [-0.05, 0) is 31.7 Å². The SMILES string of the molecule is Cc1nn(C)c2ncc(C(=O)NC(CN)C3CC3)cc12.Cl.Cl. The lowest BCUT2D eigenvalue weighted by Gasteiger charge is -2.15. The van der Waals surface area contributed by atoms with Crippen molar-refractivity contribution < 1.29 is 4.79 Å². The largest absolute Gasteiger partial charge is 0.348 e. The first-order valence-corrected chi connectivity index (χ1v) is 6.90. The van der Waals surface area contributed by atoms with Crippen LogP contribution in [0.15, 0.2) is 12.3 Å². The van der Waals surface area contributed by atoms with Crippen molar-refractivity contribution in [3.8, 4) is 0 Å². The van der Waals surface area contributed by atoms with Gasteiger partial charge >= 0.3 is 0 Å². The maximum absolute atomic E-state index is 12.3. The van der Waals surface area contributed by atoms with Crippen molar-refractivity contribution in [2.24, 2.45) is 18.7 Å². The lowest BCUT2D eigenvalue weighted by atomic mass is 10.1. The van der Waals surface area contributed by atoms with E-state index in [2.05, 4.69) is 15.4 Å². The molecule has 0 aromatic carbocycles. The Morgan fingerprint density at radius 3 is 2.77 bits per heavy atom. The second-order valence-electron chi connectivity index (χ2n) is 5.46. The summed E-state index contributed by atoms with van der Waals surface area (Å²) < 4.78 is 1.72. The summed E-state index contributed by atoms with van der Waals surface area (Å²) in [5, 5.41) is 8.23. The van der Waals surface area contributed by atoms with Crippen LogP contribution in [-0.2, 0) is 7.05 Å². The molecule has 22 heavy (non-hydrogen) atoms. The molecule has 1 aliphatic rings. The van der Waals surface area contributed by atoms with Crippen LogP contribution in [-0.4, -0.2) is 33.3 Å². The van der Waals surface area contributed by atoms with Gasteiger partial charge in [0.25, 0.3) is 5.91 Å². The van der Waals surface area contributed by atoms with Crippen molar-refractivity contribution in [3.05, 3.63) is 23.5 Å². The van der Waals surface area contributed by atoms with E-state index in [4.69, 9.17) is 5.73 Å². The highest BCUT2D eigenvalue weighted by Gasteiger charge is 2.31. The number of pyridine rings is 1. The molecule has 6 nitrogen and oxygen atoms in total. The smallest absolute Gasteiger partial charge is 0.253 e. The van der Waals surface area contributed by atoms with Crippen molar-refractivity contribution in [2.45, 2.75) is 25.8 Å². The molecule has 0 saturated heterocycles. The molecule has 122 valence electrons. The third-order valence-electron chi connectivity index (χ3n) is 3.89. The first-order valence-electron chi connectivity index (χ1n) is 6.90. The number of carbonyl (C=O) groups is 1. The van der Waals surface area contributed by atoms with Gasteiger partial charge in [-0.3, -0.25) is 9.48 Å². The van der Waals surface area contributed by atoms with E-state index in [0.717, 1.165) is 29.6 Å². The minimum atomic E-state index is -0.106. The van der Waals surface area contributed by atoms with Gasteiger partial charge in [-0.15, -0.1) is 24.8 Å². The summed E-state index contributed by atoms with van der Waals surface area (Å²) >= 11 is 0. The van der Waals surface area contributed by atoms with Gasteiger partial charge in [-0.2, -0.15) is 5.10 Å². The van der Waals surface area contributed by atoms with Gasteiger partial charge < -0.3 is 11.1 Å². The summed E-state index contributed by atoms with van der Waals surface area (Å²) in [6.45, 7) is 2.40. The number of aryl methyl sites for hydroxylation is 2. The Balaban J connectivity index is 0.00000121. The molecule has 0 radical (unpaired) electrons. The number of nitrogens with one attached hydrogen (secondary N) is 1. The van der Waals surface area contributed by atoms with E-state index >= 15 is 0 Å². The van der Waals surface area contributed by atoms with Crippen LogP contribution in [0.1, 0.15) is 28.9 Å². The Labute approximate surface area is 141 Å². The van der Waals surface area contributed by atoms with Crippen LogP contribution in [0.4, 0.5) is 0 Å². The van der Waals surface area contributed by atoms with Crippen molar-refractivity contribution in [3.63, 3.8) is 0 Å². The van der Waals surface area contributed by atoms with Gasteiger partial charge in [0, 0.05) is 31.2 Å². The molecule has 0 bridgehead atoms. The monoisotopic (exact) mass is 345 g/mol. The first-order chi connectivity index (χ1) is 9.60. The zero-order chi connectivity index (χ0) is 14.3. The zero-order valence-corrected chi connectivity index (χ0v) is 14.2. The molecule has 1 fully saturated rings. The minimum absolute atomic E-state index is 0.